The first-order chi connectivity index (χ1) is 10.7. The highest BCUT2D eigenvalue weighted by molar-refractivity contribution is 5.90. The number of nitrogens with one attached hydrogen (secondary N) is 3. The molecule has 1 aromatic carbocycles. The first-order valence-electron chi connectivity index (χ1n) is 6.89. The molecule has 1 heterocycles. The molecular formula is C14H16F3N3O3. The fourth-order valence-electron chi connectivity index (χ4n) is 2.03. The lowest BCUT2D eigenvalue weighted by Gasteiger charge is -2.17. The molecule has 0 saturated carbocycles. The Kier molecular flexibility index (Phi) is 4.97. The molecule has 0 radical (unpaired) electrons. The minimum atomic E-state index is -4.39. The quantitative estimate of drug-likeness (QED) is 0.765. The maximum absolute atomic E-state index is 12.1. The second-order valence-corrected chi connectivity index (χ2v) is 5.11. The Bertz CT molecular complexity index is 575. The van der Waals surface area contributed by atoms with Gasteiger partial charge in [-0.25, -0.2) is 4.79 Å². The smallest absolute Gasteiger partial charge is 0.422 e. The summed E-state index contributed by atoms with van der Waals surface area (Å²) in [5.41, 5.74) is 0.704. The van der Waals surface area contributed by atoms with Crippen molar-refractivity contribution in [2.24, 2.45) is 0 Å². The maximum atomic E-state index is 12.1. The molecule has 0 spiro atoms. The van der Waals surface area contributed by atoms with Gasteiger partial charge in [-0.1, -0.05) is 12.1 Å². The molecule has 6 nitrogen and oxygen atoms in total. The van der Waals surface area contributed by atoms with Crippen LogP contribution in [0.4, 0.5) is 18.0 Å². The minimum absolute atomic E-state index is 0.0943. The number of benzene rings is 1. The molecule has 2 rings (SSSR count). The van der Waals surface area contributed by atoms with Crippen LogP contribution < -0.4 is 20.7 Å². The number of carbonyl (C=O) groups is 2. The first-order valence-corrected chi connectivity index (χ1v) is 6.89. The molecule has 0 unspecified atom stereocenters. The third-order valence-corrected chi connectivity index (χ3v) is 3.23. The van der Waals surface area contributed by atoms with Crippen molar-refractivity contribution >= 4 is 11.9 Å². The third-order valence-electron chi connectivity index (χ3n) is 3.23. The molecule has 0 bridgehead atoms. The van der Waals surface area contributed by atoms with Crippen LogP contribution in [0, 0.1) is 0 Å². The molecule has 0 aromatic heterocycles. The molecule has 1 fully saturated rings. The Labute approximate surface area is 130 Å². The number of hydrogen-bond donors (Lipinski definition) is 3. The Morgan fingerprint density at radius 3 is 2.57 bits per heavy atom. The van der Waals surface area contributed by atoms with Crippen LogP contribution in [-0.4, -0.2) is 37.3 Å². The zero-order valence-corrected chi connectivity index (χ0v) is 12.2. The molecule has 1 aliphatic heterocycles. The Balaban J connectivity index is 1.88. The van der Waals surface area contributed by atoms with E-state index in [1.807, 2.05) is 0 Å². The van der Waals surface area contributed by atoms with Crippen molar-refractivity contribution in [1.29, 1.82) is 0 Å². The van der Waals surface area contributed by atoms with E-state index < -0.39 is 24.9 Å². The van der Waals surface area contributed by atoms with Crippen molar-refractivity contribution in [2.75, 3.05) is 13.2 Å². The van der Waals surface area contributed by atoms with Gasteiger partial charge in [0.1, 0.15) is 11.8 Å². The minimum Gasteiger partial charge on any atom is -0.484 e. The summed E-state index contributed by atoms with van der Waals surface area (Å²) >= 11 is 0. The molecular weight excluding hydrogens is 315 g/mol. The highest BCUT2D eigenvalue weighted by Gasteiger charge is 2.29. The van der Waals surface area contributed by atoms with Crippen LogP contribution in [0.15, 0.2) is 24.3 Å². The predicted molar refractivity (Wildman–Crippen MR) is 74.9 cm³/mol. The van der Waals surface area contributed by atoms with Crippen LogP contribution in [0.3, 0.4) is 0 Å². The molecule has 2 atom stereocenters. The van der Waals surface area contributed by atoms with E-state index in [-0.39, 0.29) is 24.2 Å². The van der Waals surface area contributed by atoms with Crippen LogP contribution >= 0.6 is 0 Å². The van der Waals surface area contributed by atoms with Crippen LogP contribution in [0.5, 0.6) is 5.75 Å². The molecule has 3 N–H and O–H groups in total. The van der Waals surface area contributed by atoms with Gasteiger partial charge in [0.15, 0.2) is 6.61 Å². The van der Waals surface area contributed by atoms with Gasteiger partial charge in [-0.3, -0.25) is 4.79 Å². The topological polar surface area (TPSA) is 79.5 Å². The normalized spacial score (nSPS) is 18.8. The largest absolute Gasteiger partial charge is 0.484 e. The lowest BCUT2D eigenvalue weighted by Crippen LogP contribution is -2.43. The van der Waals surface area contributed by atoms with E-state index in [2.05, 4.69) is 20.7 Å². The van der Waals surface area contributed by atoms with Crippen molar-refractivity contribution in [3.63, 3.8) is 0 Å². The van der Waals surface area contributed by atoms with Crippen molar-refractivity contribution in [3.05, 3.63) is 29.8 Å². The lowest BCUT2D eigenvalue weighted by molar-refractivity contribution is -0.153. The Morgan fingerprint density at radius 2 is 2.04 bits per heavy atom. The Morgan fingerprint density at radius 1 is 1.39 bits per heavy atom. The van der Waals surface area contributed by atoms with E-state index in [9.17, 15) is 22.8 Å². The summed E-state index contributed by atoms with van der Waals surface area (Å²) in [5, 5.41) is 7.66. The molecule has 0 aliphatic carbocycles. The summed E-state index contributed by atoms with van der Waals surface area (Å²) in [6.45, 7) is 0.586. The van der Waals surface area contributed by atoms with Crippen molar-refractivity contribution in [3.8, 4) is 5.75 Å². The average Bonchev–Trinajstić information content (AvgIpc) is 2.91. The lowest BCUT2D eigenvalue weighted by atomic mass is 10.1. The molecule has 1 aromatic rings. The fourth-order valence-corrected chi connectivity index (χ4v) is 2.03. The first kappa shape index (κ1) is 16.9. The van der Waals surface area contributed by atoms with E-state index in [0.717, 1.165) is 0 Å². The van der Waals surface area contributed by atoms with Crippen LogP contribution in [0.2, 0.25) is 0 Å². The number of urea groups is 1. The predicted octanol–water partition coefficient (Wildman–Crippen LogP) is 1.49. The maximum Gasteiger partial charge on any atom is 0.422 e. The van der Waals surface area contributed by atoms with Gasteiger partial charge >= 0.3 is 12.2 Å². The molecule has 23 heavy (non-hydrogen) atoms. The molecule has 1 saturated heterocycles. The van der Waals surface area contributed by atoms with Crippen LogP contribution in [-0.2, 0) is 4.79 Å². The highest BCUT2D eigenvalue weighted by Crippen LogP contribution is 2.21. The van der Waals surface area contributed by atoms with Gasteiger partial charge in [-0.15, -0.1) is 0 Å². The molecule has 1 aliphatic rings. The van der Waals surface area contributed by atoms with E-state index in [1.54, 1.807) is 19.1 Å². The standard InChI is InChI=1S/C14H16F3N3O3/c1-8(19-12(21)11-6-18-13(22)20-11)9-2-4-10(5-3-9)23-7-14(15,16)17/h2-5,8,11H,6-7H2,1H3,(H,19,21)(H2,18,20,22)/t8-,11-/m0/s1. The molecule has 126 valence electrons. The number of carbonyl (C=O) groups excluding carboxylic acids is 2. The summed E-state index contributed by atoms with van der Waals surface area (Å²) in [7, 11) is 0. The second-order valence-electron chi connectivity index (χ2n) is 5.11. The van der Waals surface area contributed by atoms with Gasteiger partial charge in [-0.2, -0.15) is 13.2 Å². The second kappa shape index (κ2) is 6.76. The number of amides is 3. The summed E-state index contributed by atoms with van der Waals surface area (Å²) in [4.78, 5) is 22.9. The number of rotatable bonds is 5. The zero-order valence-electron chi connectivity index (χ0n) is 12.2. The van der Waals surface area contributed by atoms with E-state index in [0.29, 0.717) is 5.56 Å². The fraction of sp³-hybridized carbons (Fsp3) is 0.429. The third kappa shape index (κ3) is 5.04. The summed E-state index contributed by atoms with van der Waals surface area (Å²) in [6.07, 6.45) is -4.39. The van der Waals surface area contributed by atoms with Gasteiger partial charge in [0.25, 0.3) is 0 Å². The number of hydrogen-bond acceptors (Lipinski definition) is 3. The highest BCUT2D eigenvalue weighted by atomic mass is 19.4. The van der Waals surface area contributed by atoms with Gasteiger partial charge in [-0.05, 0) is 24.6 Å². The van der Waals surface area contributed by atoms with Crippen LogP contribution in [0.25, 0.3) is 0 Å². The van der Waals surface area contributed by atoms with E-state index in [4.69, 9.17) is 0 Å². The van der Waals surface area contributed by atoms with Crippen molar-refractivity contribution in [1.82, 2.24) is 16.0 Å². The number of alkyl halides is 3. The van der Waals surface area contributed by atoms with E-state index in [1.165, 1.54) is 12.1 Å². The van der Waals surface area contributed by atoms with Gasteiger partial charge in [0.05, 0.1) is 6.04 Å². The van der Waals surface area contributed by atoms with Crippen molar-refractivity contribution in [2.45, 2.75) is 25.2 Å². The van der Waals surface area contributed by atoms with Gasteiger partial charge in [0, 0.05) is 6.54 Å². The SMILES string of the molecule is C[C@H](NC(=O)[C@@H]1CNC(=O)N1)c1ccc(OCC(F)(F)F)cc1. The van der Waals surface area contributed by atoms with E-state index >= 15 is 0 Å². The molecule has 9 heteroatoms. The summed E-state index contributed by atoms with van der Waals surface area (Å²) in [6, 6.07) is 4.55. The summed E-state index contributed by atoms with van der Waals surface area (Å²) < 4.78 is 40.8. The van der Waals surface area contributed by atoms with Crippen LogP contribution in [0.1, 0.15) is 18.5 Å². The van der Waals surface area contributed by atoms with Gasteiger partial charge < -0.3 is 20.7 Å². The number of halogens is 3. The average molecular weight is 331 g/mol. The summed E-state index contributed by atoms with van der Waals surface area (Å²) in [5.74, 6) is -0.245. The van der Waals surface area contributed by atoms with Crippen molar-refractivity contribution < 1.29 is 27.5 Å². The van der Waals surface area contributed by atoms with Gasteiger partial charge in [0.2, 0.25) is 5.91 Å². The molecule has 3 amide bonds. The zero-order chi connectivity index (χ0) is 17.0. The Hall–Kier alpha value is -2.45. The monoisotopic (exact) mass is 331 g/mol. The number of ether oxygens (including phenoxy) is 1.